The second-order valence-electron chi connectivity index (χ2n) is 8.35. The molecule has 0 saturated carbocycles. The smallest absolute Gasteiger partial charge is 0.237 e. The van der Waals surface area contributed by atoms with Gasteiger partial charge in [0.2, 0.25) is 5.91 Å². The molecule has 1 aliphatic rings. The zero-order valence-electron chi connectivity index (χ0n) is 19.2. The van der Waals surface area contributed by atoms with Crippen LogP contribution < -0.4 is 20.7 Å². The van der Waals surface area contributed by atoms with Gasteiger partial charge in [0.05, 0.1) is 32.1 Å². The fraction of sp³-hybridized carbons (Fsp3) is 0.455. The number of ether oxygens (including phenoxy) is 2. The second kappa shape index (κ2) is 9.89. The number of nitrogens with two attached hydrogens (primary N) is 1. The molecule has 0 aliphatic carbocycles. The number of benzene rings is 1. The summed E-state index contributed by atoms with van der Waals surface area (Å²) in [6, 6.07) is 5.52. The summed E-state index contributed by atoms with van der Waals surface area (Å²) >= 11 is 0. The molecule has 3 heterocycles. The van der Waals surface area contributed by atoms with Gasteiger partial charge < -0.3 is 35.6 Å². The van der Waals surface area contributed by atoms with E-state index in [0.29, 0.717) is 29.2 Å². The van der Waals surface area contributed by atoms with E-state index in [1.54, 1.807) is 28.7 Å². The fourth-order valence-electron chi connectivity index (χ4n) is 4.04. The quantitative estimate of drug-likeness (QED) is 0.328. The summed E-state index contributed by atoms with van der Waals surface area (Å²) in [6.45, 7) is -0.406. The van der Waals surface area contributed by atoms with Gasteiger partial charge in [0.25, 0.3) is 0 Å². The molecule has 0 spiro atoms. The minimum atomic E-state index is -1.18. The van der Waals surface area contributed by atoms with Gasteiger partial charge >= 0.3 is 0 Å². The number of hydrogen-bond donors (Lipinski definition) is 4. The molecular weight excluding hydrogens is 442 g/mol. The van der Waals surface area contributed by atoms with E-state index in [9.17, 15) is 15.0 Å². The number of fused-ring (bicyclic) bond motifs is 1. The van der Waals surface area contributed by atoms with Crippen LogP contribution >= 0.6 is 0 Å². The Kier molecular flexibility index (Phi) is 6.93. The Bertz CT molecular complexity index is 1140. The standard InChI is InChI=1S/C22H29N7O5/c1-28(2)19-17-20(25-10-24-19)29(11-26-17)22-18(31)16(15(9-30)34-22)27-21(32)14(23)8-12-4-6-13(33-3)7-5-12/h4-7,10-11,14-16,18,22,30-31H,8-9,23H2,1-3H3,(H,27,32)/t14-,15-,16-,18+,22+/m0/s1. The summed E-state index contributed by atoms with van der Waals surface area (Å²) in [5.74, 6) is 0.861. The summed E-state index contributed by atoms with van der Waals surface area (Å²) < 4.78 is 12.6. The summed E-state index contributed by atoms with van der Waals surface area (Å²) in [7, 11) is 5.25. The number of carbonyl (C=O) groups excluding carboxylic acids is 1. The van der Waals surface area contributed by atoms with E-state index >= 15 is 0 Å². The summed E-state index contributed by atoms with van der Waals surface area (Å²) in [4.78, 5) is 27.5. The van der Waals surface area contributed by atoms with Crippen LogP contribution in [0.1, 0.15) is 11.8 Å². The van der Waals surface area contributed by atoms with Crippen molar-refractivity contribution in [3.63, 3.8) is 0 Å². The first kappa shape index (κ1) is 23.8. The molecule has 0 bridgehead atoms. The van der Waals surface area contributed by atoms with Crippen LogP contribution in [0.5, 0.6) is 5.75 Å². The highest BCUT2D eigenvalue weighted by molar-refractivity contribution is 5.83. The normalized spacial score (nSPS) is 23.1. The van der Waals surface area contributed by atoms with E-state index in [0.717, 1.165) is 5.56 Å². The summed E-state index contributed by atoms with van der Waals surface area (Å²) in [6.07, 6.45) is 0.250. The largest absolute Gasteiger partial charge is 0.497 e. The van der Waals surface area contributed by atoms with E-state index in [1.165, 1.54) is 12.7 Å². The molecule has 1 aliphatic heterocycles. The van der Waals surface area contributed by atoms with Crippen molar-refractivity contribution in [2.24, 2.45) is 5.73 Å². The molecule has 12 nitrogen and oxygen atoms in total. The molecule has 34 heavy (non-hydrogen) atoms. The number of nitrogens with one attached hydrogen (secondary N) is 1. The van der Waals surface area contributed by atoms with Gasteiger partial charge in [-0.1, -0.05) is 12.1 Å². The van der Waals surface area contributed by atoms with Crippen molar-refractivity contribution in [3.8, 4) is 5.75 Å². The molecule has 182 valence electrons. The summed E-state index contributed by atoms with van der Waals surface area (Å²) in [5.41, 5.74) is 7.98. The van der Waals surface area contributed by atoms with Crippen molar-refractivity contribution in [2.45, 2.75) is 36.9 Å². The van der Waals surface area contributed by atoms with Crippen molar-refractivity contribution < 1.29 is 24.5 Å². The molecule has 3 aromatic rings. The van der Waals surface area contributed by atoms with Gasteiger partial charge in [-0.05, 0) is 24.1 Å². The summed E-state index contributed by atoms with van der Waals surface area (Å²) in [5, 5.41) is 23.6. The van der Waals surface area contributed by atoms with Gasteiger partial charge in [-0.25, -0.2) is 15.0 Å². The lowest BCUT2D eigenvalue weighted by Crippen LogP contribution is -2.53. The van der Waals surface area contributed by atoms with E-state index in [-0.39, 0.29) is 0 Å². The van der Waals surface area contributed by atoms with Crippen molar-refractivity contribution in [1.82, 2.24) is 24.8 Å². The lowest BCUT2D eigenvalue weighted by molar-refractivity contribution is -0.124. The van der Waals surface area contributed by atoms with Crippen molar-refractivity contribution >= 4 is 22.9 Å². The number of anilines is 1. The molecule has 1 amide bonds. The highest BCUT2D eigenvalue weighted by atomic mass is 16.5. The molecule has 0 unspecified atom stereocenters. The third-order valence-electron chi connectivity index (χ3n) is 5.85. The van der Waals surface area contributed by atoms with Crippen LogP contribution in [0.4, 0.5) is 5.82 Å². The third kappa shape index (κ3) is 4.53. The number of carbonyl (C=O) groups is 1. The Morgan fingerprint density at radius 1 is 1.29 bits per heavy atom. The predicted molar refractivity (Wildman–Crippen MR) is 123 cm³/mol. The molecule has 0 radical (unpaired) electrons. The molecule has 4 rings (SSSR count). The Morgan fingerprint density at radius 2 is 2.03 bits per heavy atom. The molecule has 2 aromatic heterocycles. The van der Waals surface area contributed by atoms with Gasteiger partial charge in [0, 0.05) is 14.1 Å². The lowest BCUT2D eigenvalue weighted by atomic mass is 10.0. The van der Waals surface area contributed by atoms with Crippen LogP contribution in [0.25, 0.3) is 11.2 Å². The first-order valence-corrected chi connectivity index (χ1v) is 10.8. The van der Waals surface area contributed by atoms with Gasteiger partial charge in [-0.15, -0.1) is 0 Å². The SMILES string of the molecule is COc1ccc(C[C@H](N)C(=O)N[C@@H]2[C@@H](O)[C@H](n3cnc4c(N(C)C)ncnc43)O[C@H]2CO)cc1. The zero-order valence-corrected chi connectivity index (χ0v) is 19.2. The average Bonchev–Trinajstić information content (AvgIpc) is 3.40. The van der Waals surface area contributed by atoms with Crippen LogP contribution in [0, 0.1) is 0 Å². The molecule has 12 heteroatoms. The van der Waals surface area contributed by atoms with Crippen LogP contribution in [0.3, 0.4) is 0 Å². The van der Waals surface area contributed by atoms with E-state index < -0.39 is 43.0 Å². The molecule has 1 saturated heterocycles. The predicted octanol–water partition coefficient (Wildman–Crippen LogP) is -0.794. The molecule has 5 N–H and O–H groups in total. The number of methoxy groups -OCH3 is 1. The van der Waals surface area contributed by atoms with Crippen LogP contribution in [-0.4, -0.2) is 87.7 Å². The number of aliphatic hydroxyl groups is 2. The number of amides is 1. The Hall–Kier alpha value is -3.32. The Balaban J connectivity index is 1.49. The number of nitrogens with zero attached hydrogens (tertiary/aromatic N) is 5. The second-order valence-corrected chi connectivity index (χ2v) is 8.35. The number of imidazole rings is 1. The van der Waals surface area contributed by atoms with Gasteiger partial charge in [-0.2, -0.15) is 0 Å². The first-order valence-electron chi connectivity index (χ1n) is 10.8. The number of aromatic nitrogens is 4. The van der Waals surface area contributed by atoms with Crippen LogP contribution in [-0.2, 0) is 16.0 Å². The van der Waals surface area contributed by atoms with E-state index in [4.69, 9.17) is 15.2 Å². The average molecular weight is 472 g/mol. The zero-order chi connectivity index (χ0) is 24.4. The van der Waals surface area contributed by atoms with Gasteiger partial charge in [0.1, 0.15) is 24.3 Å². The van der Waals surface area contributed by atoms with Crippen molar-refractivity contribution in [1.29, 1.82) is 0 Å². The fourth-order valence-corrected chi connectivity index (χ4v) is 4.04. The van der Waals surface area contributed by atoms with Gasteiger partial charge in [0.15, 0.2) is 23.2 Å². The third-order valence-corrected chi connectivity index (χ3v) is 5.85. The number of rotatable bonds is 8. The number of hydrogen-bond acceptors (Lipinski definition) is 10. The minimum absolute atomic E-state index is 0.295. The Labute approximate surface area is 196 Å². The topological polar surface area (TPSA) is 161 Å². The van der Waals surface area contributed by atoms with Crippen LogP contribution in [0.15, 0.2) is 36.9 Å². The van der Waals surface area contributed by atoms with E-state index in [2.05, 4.69) is 20.3 Å². The molecular formula is C22H29N7O5. The molecule has 5 atom stereocenters. The molecule has 1 fully saturated rings. The maximum atomic E-state index is 12.8. The maximum Gasteiger partial charge on any atom is 0.237 e. The van der Waals surface area contributed by atoms with Gasteiger partial charge in [-0.3, -0.25) is 9.36 Å². The van der Waals surface area contributed by atoms with Crippen molar-refractivity contribution in [3.05, 3.63) is 42.5 Å². The number of aliphatic hydroxyl groups excluding tert-OH is 2. The maximum absolute atomic E-state index is 12.8. The Morgan fingerprint density at radius 3 is 2.68 bits per heavy atom. The minimum Gasteiger partial charge on any atom is -0.497 e. The highest BCUT2D eigenvalue weighted by Gasteiger charge is 2.46. The molecule has 1 aromatic carbocycles. The first-order chi connectivity index (χ1) is 16.3. The van der Waals surface area contributed by atoms with E-state index in [1.807, 2.05) is 26.2 Å². The highest BCUT2D eigenvalue weighted by Crippen LogP contribution is 2.32. The van der Waals surface area contributed by atoms with Crippen molar-refractivity contribution in [2.75, 3.05) is 32.7 Å². The lowest BCUT2D eigenvalue weighted by Gasteiger charge is -2.23. The van der Waals surface area contributed by atoms with Crippen LogP contribution in [0.2, 0.25) is 0 Å². The monoisotopic (exact) mass is 471 g/mol.